The first-order valence-corrected chi connectivity index (χ1v) is 13.7. The summed E-state index contributed by atoms with van der Waals surface area (Å²) < 4.78 is 4.85. The predicted molar refractivity (Wildman–Crippen MR) is 155 cm³/mol. The quantitative estimate of drug-likeness (QED) is 0.302. The molecular weight excluding hydrogens is 536 g/mol. The van der Waals surface area contributed by atoms with Crippen molar-refractivity contribution in [1.82, 2.24) is 15.1 Å². The van der Waals surface area contributed by atoms with Gasteiger partial charge in [0.25, 0.3) is 5.91 Å². The number of nitrogens with zero attached hydrogens (tertiary/aromatic N) is 2. The Bertz CT molecular complexity index is 1390. The lowest BCUT2D eigenvalue weighted by atomic mass is 10.1. The normalized spacial score (nSPS) is 12.2. The summed E-state index contributed by atoms with van der Waals surface area (Å²) in [7, 11) is 0. The monoisotopic (exact) mass is 569 g/mol. The lowest BCUT2D eigenvalue weighted by Crippen LogP contribution is -2.50. The van der Waals surface area contributed by atoms with Crippen molar-refractivity contribution in [3.05, 3.63) is 108 Å². The van der Waals surface area contributed by atoms with E-state index >= 15 is 0 Å². The van der Waals surface area contributed by atoms with Gasteiger partial charge in [-0.3, -0.25) is 19.3 Å². The fourth-order valence-corrected chi connectivity index (χ4v) is 4.22. The number of imide groups is 1. The molecule has 1 saturated carbocycles. The molecule has 10 heteroatoms. The van der Waals surface area contributed by atoms with Gasteiger partial charge in [0, 0.05) is 19.6 Å². The number of ketones is 1. The number of amides is 5. The molecule has 3 aromatic rings. The Kier molecular flexibility index (Phi) is 10.4. The van der Waals surface area contributed by atoms with Crippen molar-refractivity contribution in [1.29, 1.82) is 0 Å². The number of carbonyl (C=O) groups is 5. The molecule has 1 radical (unpaired) electrons. The van der Waals surface area contributed by atoms with Gasteiger partial charge in [0.05, 0.1) is 13.0 Å². The second-order valence-electron chi connectivity index (χ2n) is 10.0. The van der Waals surface area contributed by atoms with E-state index in [4.69, 9.17) is 10.5 Å². The third-order valence-corrected chi connectivity index (χ3v) is 6.63. The molecule has 217 valence electrons. The molecule has 0 spiro atoms. The molecule has 0 bridgehead atoms. The minimum absolute atomic E-state index is 0.0315. The van der Waals surface area contributed by atoms with Crippen molar-refractivity contribution in [2.75, 3.05) is 13.1 Å². The van der Waals surface area contributed by atoms with Crippen LogP contribution in [0.3, 0.4) is 0 Å². The molecule has 0 heterocycles. The summed E-state index contributed by atoms with van der Waals surface area (Å²) in [6.45, 7) is -0.261. The van der Waals surface area contributed by atoms with Crippen LogP contribution in [0.5, 0.6) is 5.75 Å². The van der Waals surface area contributed by atoms with Gasteiger partial charge in [-0.05, 0) is 54.0 Å². The first-order valence-electron chi connectivity index (χ1n) is 13.7. The van der Waals surface area contributed by atoms with Crippen molar-refractivity contribution in [2.24, 2.45) is 11.7 Å². The SMILES string of the molecule is NC(=O)Oc1ccc(CCN(C(=O)[CH]C2CC2)C(=O)N(CC(=O)C(=O)NCc2ccccc2)Cc2ccccc2)cc1. The standard InChI is InChI=1S/C32H33N4O6/c33-31(40)42-27-15-13-23(14-16-27)17-18-36(29(38)19-24-11-12-24)32(41)35(21-26-9-5-2-6-10-26)22-28(37)30(39)34-20-25-7-3-1-4-8-25/h1-10,13-16,19,24H,11-12,17-18,20-22H2,(H2,33,40)(H,34,39). The van der Waals surface area contributed by atoms with E-state index in [2.05, 4.69) is 5.32 Å². The van der Waals surface area contributed by atoms with E-state index in [1.807, 2.05) is 48.5 Å². The molecule has 3 aromatic carbocycles. The highest BCUT2D eigenvalue weighted by molar-refractivity contribution is 6.37. The lowest BCUT2D eigenvalue weighted by molar-refractivity contribution is -0.138. The van der Waals surface area contributed by atoms with E-state index in [0.29, 0.717) is 6.42 Å². The molecule has 5 amide bonds. The number of urea groups is 1. The fourth-order valence-electron chi connectivity index (χ4n) is 4.22. The van der Waals surface area contributed by atoms with Gasteiger partial charge in [-0.2, -0.15) is 0 Å². The smallest absolute Gasteiger partial charge is 0.409 e. The third-order valence-electron chi connectivity index (χ3n) is 6.63. The number of nitrogens with one attached hydrogen (secondary N) is 1. The second-order valence-corrected chi connectivity index (χ2v) is 10.0. The van der Waals surface area contributed by atoms with E-state index in [1.54, 1.807) is 36.4 Å². The molecular formula is C32H33N4O6. The Hall–Kier alpha value is -4.99. The molecule has 0 aromatic heterocycles. The molecule has 1 aliphatic rings. The molecule has 10 nitrogen and oxygen atoms in total. The first kappa shape index (κ1) is 30.0. The number of carbonyl (C=O) groups excluding carboxylic acids is 5. The summed E-state index contributed by atoms with van der Waals surface area (Å²) in [6.07, 6.45) is 2.68. The summed E-state index contributed by atoms with van der Waals surface area (Å²) >= 11 is 0. The van der Waals surface area contributed by atoms with Crippen molar-refractivity contribution in [2.45, 2.75) is 32.4 Å². The number of hydrogen-bond acceptors (Lipinski definition) is 6. The summed E-state index contributed by atoms with van der Waals surface area (Å²) in [4.78, 5) is 66.1. The lowest BCUT2D eigenvalue weighted by Gasteiger charge is -2.29. The summed E-state index contributed by atoms with van der Waals surface area (Å²) in [5, 5.41) is 2.60. The summed E-state index contributed by atoms with van der Waals surface area (Å²) in [5.74, 6) is -1.67. The molecule has 0 aliphatic heterocycles. The molecule has 42 heavy (non-hydrogen) atoms. The van der Waals surface area contributed by atoms with Gasteiger partial charge in [0.15, 0.2) is 0 Å². The van der Waals surface area contributed by atoms with E-state index in [-0.39, 0.29) is 31.3 Å². The largest absolute Gasteiger partial charge is 0.411 e. The van der Waals surface area contributed by atoms with Crippen molar-refractivity contribution >= 4 is 29.7 Å². The molecule has 0 atom stereocenters. The highest BCUT2D eigenvalue weighted by Crippen LogP contribution is 2.32. The molecule has 4 rings (SSSR count). The fraction of sp³-hybridized carbons (Fsp3) is 0.250. The number of Topliss-reactive ketones (excluding diaryl/α,β-unsaturated/α-hetero) is 1. The topological polar surface area (TPSA) is 139 Å². The number of ether oxygens (including phenoxy) is 1. The molecule has 3 N–H and O–H groups in total. The third kappa shape index (κ3) is 9.29. The van der Waals surface area contributed by atoms with Gasteiger partial charge >= 0.3 is 12.1 Å². The zero-order valence-electron chi connectivity index (χ0n) is 23.1. The number of rotatable bonds is 13. The Morgan fingerprint density at radius 3 is 2.05 bits per heavy atom. The number of nitrogens with two attached hydrogens (primary N) is 1. The average molecular weight is 570 g/mol. The highest BCUT2D eigenvalue weighted by atomic mass is 16.5. The Balaban J connectivity index is 1.48. The minimum atomic E-state index is -0.928. The molecule has 1 fully saturated rings. The predicted octanol–water partition coefficient (Wildman–Crippen LogP) is 3.64. The first-order chi connectivity index (χ1) is 20.3. The van der Waals surface area contributed by atoms with Crippen LogP contribution in [-0.4, -0.2) is 52.6 Å². The van der Waals surface area contributed by atoms with Gasteiger partial charge in [-0.15, -0.1) is 0 Å². The maximum absolute atomic E-state index is 13.9. The van der Waals surface area contributed by atoms with E-state index in [1.165, 1.54) is 11.3 Å². The molecule has 0 saturated heterocycles. The van der Waals surface area contributed by atoms with Crippen LogP contribution in [0.15, 0.2) is 84.9 Å². The Morgan fingerprint density at radius 2 is 1.45 bits per heavy atom. The zero-order chi connectivity index (χ0) is 29.9. The second kappa shape index (κ2) is 14.6. The number of hydrogen-bond donors (Lipinski definition) is 2. The van der Waals surface area contributed by atoms with Gasteiger partial charge in [-0.25, -0.2) is 9.59 Å². The van der Waals surface area contributed by atoms with Crippen LogP contribution in [0.1, 0.15) is 29.5 Å². The summed E-state index contributed by atoms with van der Waals surface area (Å²) in [5.41, 5.74) is 7.41. The van der Waals surface area contributed by atoms with Crippen LogP contribution in [0.2, 0.25) is 0 Å². The van der Waals surface area contributed by atoms with Crippen LogP contribution in [0, 0.1) is 12.3 Å². The van der Waals surface area contributed by atoms with Gasteiger partial charge in [0.1, 0.15) is 5.75 Å². The zero-order valence-corrected chi connectivity index (χ0v) is 23.1. The molecule has 0 unspecified atom stereocenters. The van der Waals surface area contributed by atoms with Gasteiger partial charge < -0.3 is 20.7 Å². The number of primary amides is 1. The van der Waals surface area contributed by atoms with Crippen LogP contribution >= 0.6 is 0 Å². The van der Waals surface area contributed by atoms with Crippen LogP contribution in [-0.2, 0) is 33.9 Å². The highest BCUT2D eigenvalue weighted by Gasteiger charge is 2.33. The van der Waals surface area contributed by atoms with Crippen molar-refractivity contribution < 1.29 is 28.7 Å². The molecule has 1 aliphatic carbocycles. The van der Waals surface area contributed by atoms with Crippen LogP contribution in [0.25, 0.3) is 0 Å². The Morgan fingerprint density at radius 1 is 0.833 bits per heavy atom. The van der Waals surface area contributed by atoms with Crippen molar-refractivity contribution in [3.8, 4) is 5.75 Å². The minimum Gasteiger partial charge on any atom is -0.411 e. The van der Waals surface area contributed by atoms with E-state index < -0.39 is 36.3 Å². The van der Waals surface area contributed by atoms with E-state index in [9.17, 15) is 24.0 Å². The average Bonchev–Trinajstić information content (AvgIpc) is 3.81. The van der Waals surface area contributed by atoms with Gasteiger partial charge in [-0.1, -0.05) is 72.8 Å². The maximum Gasteiger partial charge on any atom is 0.409 e. The van der Waals surface area contributed by atoms with E-state index in [0.717, 1.165) is 34.4 Å². The Labute approximate surface area is 244 Å². The van der Waals surface area contributed by atoms with Gasteiger partial charge in [0.2, 0.25) is 11.7 Å². The number of benzene rings is 3. The van der Waals surface area contributed by atoms with Crippen LogP contribution in [0.4, 0.5) is 9.59 Å². The van der Waals surface area contributed by atoms with Crippen LogP contribution < -0.4 is 15.8 Å². The summed E-state index contributed by atoms with van der Waals surface area (Å²) in [6, 6.07) is 24.1. The maximum atomic E-state index is 13.9. The van der Waals surface area contributed by atoms with Crippen molar-refractivity contribution in [3.63, 3.8) is 0 Å².